The molecule has 0 aliphatic carbocycles. The predicted octanol–water partition coefficient (Wildman–Crippen LogP) is 2.09. The van der Waals surface area contributed by atoms with Gasteiger partial charge in [0.15, 0.2) is 0 Å². The number of nitrogens with zero attached hydrogens (tertiary/aromatic N) is 2. The zero-order valence-corrected chi connectivity index (χ0v) is 11.4. The summed E-state index contributed by atoms with van der Waals surface area (Å²) in [6.45, 7) is 4.10. The van der Waals surface area contributed by atoms with Crippen molar-refractivity contribution < 1.29 is 4.92 Å². The SMILES string of the molecule is CN1CCC(CNCc2csc([N+](=O)[O-])c2)CC1. The number of rotatable bonds is 5. The predicted molar refractivity (Wildman–Crippen MR) is 72.9 cm³/mol. The van der Waals surface area contributed by atoms with Crippen molar-refractivity contribution >= 4 is 16.3 Å². The summed E-state index contributed by atoms with van der Waals surface area (Å²) >= 11 is 1.20. The molecule has 0 aromatic carbocycles. The van der Waals surface area contributed by atoms with E-state index in [1.54, 1.807) is 6.07 Å². The lowest BCUT2D eigenvalue weighted by atomic mass is 9.97. The molecule has 100 valence electrons. The summed E-state index contributed by atoms with van der Waals surface area (Å²) in [4.78, 5) is 12.6. The zero-order valence-electron chi connectivity index (χ0n) is 10.6. The van der Waals surface area contributed by atoms with Gasteiger partial charge in [-0.25, -0.2) is 0 Å². The molecule has 0 amide bonds. The molecule has 2 heterocycles. The third-order valence-corrected chi connectivity index (χ3v) is 4.35. The standard InChI is InChI=1S/C12H19N3O2S/c1-14-4-2-10(3-5-14)7-13-8-11-6-12(15(16)17)18-9-11/h6,9-10,13H,2-5,7-8H2,1H3. The van der Waals surface area contributed by atoms with Crippen molar-refractivity contribution in [2.75, 3.05) is 26.7 Å². The Balaban J connectivity index is 1.70. The van der Waals surface area contributed by atoms with Gasteiger partial charge < -0.3 is 10.2 Å². The van der Waals surface area contributed by atoms with Gasteiger partial charge in [0.25, 0.3) is 0 Å². The Hall–Kier alpha value is -0.980. The van der Waals surface area contributed by atoms with Crippen LogP contribution >= 0.6 is 11.3 Å². The molecule has 18 heavy (non-hydrogen) atoms. The Bertz CT molecular complexity index is 400. The first-order valence-electron chi connectivity index (χ1n) is 6.26. The maximum Gasteiger partial charge on any atom is 0.324 e. The van der Waals surface area contributed by atoms with E-state index < -0.39 is 0 Å². The molecule has 1 aliphatic rings. The Morgan fingerprint density at radius 3 is 2.89 bits per heavy atom. The number of nitro groups is 1. The first kappa shape index (κ1) is 13.5. The van der Waals surface area contributed by atoms with Crippen LogP contribution in [0.1, 0.15) is 18.4 Å². The number of likely N-dealkylation sites (tertiary alicyclic amines) is 1. The Kier molecular flexibility index (Phi) is 4.68. The summed E-state index contributed by atoms with van der Waals surface area (Å²) in [6, 6.07) is 1.66. The van der Waals surface area contributed by atoms with Gasteiger partial charge in [0.2, 0.25) is 0 Å². The first-order valence-corrected chi connectivity index (χ1v) is 7.14. The summed E-state index contributed by atoms with van der Waals surface area (Å²) in [7, 11) is 2.16. The molecule has 5 nitrogen and oxygen atoms in total. The molecule has 1 saturated heterocycles. The van der Waals surface area contributed by atoms with Crippen LogP contribution in [0.5, 0.6) is 0 Å². The number of nitrogens with one attached hydrogen (secondary N) is 1. The third-order valence-electron chi connectivity index (χ3n) is 3.42. The lowest BCUT2D eigenvalue weighted by molar-refractivity contribution is -0.380. The van der Waals surface area contributed by atoms with Gasteiger partial charge in [-0.15, -0.1) is 0 Å². The third kappa shape index (κ3) is 3.76. The number of piperidine rings is 1. The molecule has 1 aliphatic heterocycles. The van der Waals surface area contributed by atoms with Crippen molar-refractivity contribution in [3.63, 3.8) is 0 Å². The fourth-order valence-electron chi connectivity index (χ4n) is 2.24. The molecule has 1 N–H and O–H groups in total. The fourth-order valence-corrected chi connectivity index (χ4v) is 2.97. The lowest BCUT2D eigenvalue weighted by Crippen LogP contribution is -2.34. The highest BCUT2D eigenvalue weighted by Gasteiger charge is 2.16. The van der Waals surface area contributed by atoms with Crippen LogP contribution < -0.4 is 5.32 Å². The molecular formula is C12H19N3O2S. The average Bonchev–Trinajstić information content (AvgIpc) is 2.81. The molecule has 2 rings (SSSR count). The van der Waals surface area contributed by atoms with E-state index in [9.17, 15) is 10.1 Å². The highest BCUT2D eigenvalue weighted by Crippen LogP contribution is 2.22. The molecule has 0 unspecified atom stereocenters. The highest BCUT2D eigenvalue weighted by molar-refractivity contribution is 7.13. The summed E-state index contributed by atoms with van der Waals surface area (Å²) in [5.41, 5.74) is 1.01. The quantitative estimate of drug-likeness (QED) is 0.657. The maximum absolute atomic E-state index is 10.6. The van der Waals surface area contributed by atoms with Gasteiger partial charge in [-0.3, -0.25) is 10.1 Å². The minimum Gasteiger partial charge on any atom is -0.312 e. The molecule has 0 saturated carbocycles. The smallest absolute Gasteiger partial charge is 0.312 e. The maximum atomic E-state index is 10.6. The van der Waals surface area contributed by atoms with Crippen LogP contribution in [-0.4, -0.2) is 36.5 Å². The highest BCUT2D eigenvalue weighted by atomic mass is 32.1. The Morgan fingerprint density at radius 1 is 1.56 bits per heavy atom. The van der Waals surface area contributed by atoms with E-state index >= 15 is 0 Å². The summed E-state index contributed by atoms with van der Waals surface area (Å²) in [6.07, 6.45) is 2.49. The van der Waals surface area contributed by atoms with E-state index in [0.717, 1.165) is 24.6 Å². The van der Waals surface area contributed by atoms with Crippen LogP contribution in [0.2, 0.25) is 0 Å². The number of hydrogen-bond donors (Lipinski definition) is 1. The molecule has 0 bridgehead atoms. The van der Waals surface area contributed by atoms with E-state index in [1.165, 1.54) is 37.3 Å². The van der Waals surface area contributed by atoms with E-state index in [1.807, 2.05) is 5.38 Å². The van der Waals surface area contributed by atoms with E-state index in [0.29, 0.717) is 0 Å². The van der Waals surface area contributed by atoms with Crippen molar-refractivity contribution in [2.24, 2.45) is 5.92 Å². The molecular weight excluding hydrogens is 250 g/mol. The molecule has 1 aromatic rings. The van der Waals surface area contributed by atoms with E-state index in [2.05, 4.69) is 17.3 Å². The van der Waals surface area contributed by atoms with Gasteiger partial charge in [-0.1, -0.05) is 11.3 Å². The molecule has 0 spiro atoms. The second-order valence-corrected chi connectivity index (χ2v) is 5.82. The summed E-state index contributed by atoms with van der Waals surface area (Å²) in [5, 5.41) is 16.0. The van der Waals surface area contributed by atoms with Gasteiger partial charge in [-0.05, 0) is 51.0 Å². The van der Waals surface area contributed by atoms with Gasteiger partial charge in [0, 0.05) is 18.0 Å². The molecule has 6 heteroatoms. The number of thiophene rings is 1. The van der Waals surface area contributed by atoms with Gasteiger partial charge in [0.1, 0.15) is 0 Å². The van der Waals surface area contributed by atoms with Crippen LogP contribution in [0, 0.1) is 16.0 Å². The Morgan fingerprint density at radius 2 is 2.28 bits per heavy atom. The van der Waals surface area contributed by atoms with Gasteiger partial charge in [-0.2, -0.15) is 0 Å². The molecule has 0 atom stereocenters. The van der Waals surface area contributed by atoms with Crippen molar-refractivity contribution in [1.29, 1.82) is 0 Å². The minimum atomic E-state index is -0.328. The summed E-state index contributed by atoms with van der Waals surface area (Å²) < 4.78 is 0. The number of hydrogen-bond acceptors (Lipinski definition) is 5. The van der Waals surface area contributed by atoms with Crippen molar-refractivity contribution in [1.82, 2.24) is 10.2 Å². The summed E-state index contributed by atoms with van der Waals surface area (Å²) in [5.74, 6) is 0.745. The van der Waals surface area contributed by atoms with Crippen LogP contribution in [0.25, 0.3) is 0 Å². The first-order chi connectivity index (χ1) is 8.65. The van der Waals surface area contributed by atoms with Crippen molar-refractivity contribution in [3.05, 3.63) is 27.1 Å². The Labute approximate surface area is 111 Å². The van der Waals surface area contributed by atoms with Crippen LogP contribution in [0.15, 0.2) is 11.4 Å². The second-order valence-electron chi connectivity index (χ2n) is 4.93. The molecule has 1 fully saturated rings. The monoisotopic (exact) mass is 269 g/mol. The lowest BCUT2D eigenvalue weighted by Gasteiger charge is -2.28. The molecule has 0 radical (unpaired) electrons. The van der Waals surface area contributed by atoms with E-state index in [-0.39, 0.29) is 9.92 Å². The van der Waals surface area contributed by atoms with Crippen molar-refractivity contribution in [2.45, 2.75) is 19.4 Å². The van der Waals surface area contributed by atoms with Gasteiger partial charge >= 0.3 is 5.00 Å². The average molecular weight is 269 g/mol. The second kappa shape index (κ2) is 6.26. The van der Waals surface area contributed by atoms with Crippen molar-refractivity contribution in [3.8, 4) is 0 Å². The molecule has 1 aromatic heterocycles. The fraction of sp³-hybridized carbons (Fsp3) is 0.667. The zero-order chi connectivity index (χ0) is 13.0. The normalized spacial score (nSPS) is 18.1. The van der Waals surface area contributed by atoms with Crippen LogP contribution in [0.3, 0.4) is 0 Å². The largest absolute Gasteiger partial charge is 0.324 e. The topological polar surface area (TPSA) is 58.4 Å². The van der Waals surface area contributed by atoms with Crippen LogP contribution in [0.4, 0.5) is 5.00 Å². The van der Waals surface area contributed by atoms with Gasteiger partial charge in [0.05, 0.1) is 4.92 Å². The minimum absolute atomic E-state index is 0.228. The van der Waals surface area contributed by atoms with Crippen LogP contribution in [-0.2, 0) is 6.54 Å². The van der Waals surface area contributed by atoms with E-state index in [4.69, 9.17) is 0 Å².